The zero-order chi connectivity index (χ0) is 12.1. The van der Waals surface area contributed by atoms with Gasteiger partial charge in [0.25, 0.3) is 0 Å². The van der Waals surface area contributed by atoms with E-state index in [4.69, 9.17) is 27.7 Å². The van der Waals surface area contributed by atoms with Gasteiger partial charge in [0.1, 0.15) is 0 Å². The molecule has 7 heteroatoms. The fourth-order valence-corrected chi connectivity index (χ4v) is 2.08. The second-order valence-corrected chi connectivity index (χ2v) is 4.00. The molecule has 2 rings (SSSR count). The first-order chi connectivity index (χ1) is 7.32. The van der Waals surface area contributed by atoms with Crippen molar-refractivity contribution in [2.45, 2.75) is 13.1 Å². The summed E-state index contributed by atoms with van der Waals surface area (Å²) in [7, 11) is 0. The molecule has 1 aromatic carbocycles. The van der Waals surface area contributed by atoms with Crippen LogP contribution in [0.2, 0.25) is 10.0 Å². The molecule has 0 aliphatic carbocycles. The maximum absolute atomic E-state index is 12.8. The van der Waals surface area contributed by atoms with Crippen molar-refractivity contribution in [3.05, 3.63) is 27.4 Å². The van der Waals surface area contributed by atoms with Crippen LogP contribution < -0.4 is 0 Å². The van der Waals surface area contributed by atoms with E-state index in [2.05, 4.69) is 5.16 Å². The van der Waals surface area contributed by atoms with Crippen LogP contribution in [0.1, 0.15) is 11.3 Å². The van der Waals surface area contributed by atoms with Gasteiger partial charge in [-0.2, -0.15) is 13.2 Å². The Hall–Kier alpha value is -0.940. The van der Waals surface area contributed by atoms with E-state index >= 15 is 0 Å². The van der Waals surface area contributed by atoms with Crippen molar-refractivity contribution in [2.75, 3.05) is 0 Å². The molecule has 0 atom stereocenters. The van der Waals surface area contributed by atoms with Gasteiger partial charge in [0.2, 0.25) is 0 Å². The predicted octanol–water partition coefficient (Wildman–Crippen LogP) is 4.46. The van der Waals surface area contributed by atoms with Crippen LogP contribution in [-0.2, 0) is 6.18 Å². The Morgan fingerprint density at radius 1 is 1.25 bits per heavy atom. The minimum Gasteiger partial charge on any atom is -0.354 e. The quantitative estimate of drug-likeness (QED) is 0.706. The average molecular weight is 270 g/mol. The number of alkyl halides is 3. The summed E-state index contributed by atoms with van der Waals surface area (Å²) >= 11 is 11.3. The number of rotatable bonds is 0. The van der Waals surface area contributed by atoms with Crippen LogP contribution in [0, 0.1) is 6.92 Å². The molecule has 1 heterocycles. The summed E-state index contributed by atoms with van der Waals surface area (Å²) in [5, 5.41) is 2.81. The number of benzene rings is 1. The molecule has 0 amide bonds. The lowest BCUT2D eigenvalue weighted by molar-refractivity contribution is -0.136. The Morgan fingerprint density at radius 3 is 2.44 bits per heavy atom. The minimum absolute atomic E-state index is 0.00796. The highest BCUT2D eigenvalue weighted by Gasteiger charge is 2.37. The van der Waals surface area contributed by atoms with Crippen LogP contribution in [-0.4, -0.2) is 5.16 Å². The lowest BCUT2D eigenvalue weighted by Crippen LogP contribution is -2.07. The highest BCUT2D eigenvalue weighted by Crippen LogP contribution is 2.43. The van der Waals surface area contributed by atoms with Crippen molar-refractivity contribution in [3.8, 4) is 0 Å². The van der Waals surface area contributed by atoms with Crippen molar-refractivity contribution in [1.82, 2.24) is 5.16 Å². The Morgan fingerprint density at radius 2 is 1.88 bits per heavy atom. The molecule has 0 aliphatic rings. The van der Waals surface area contributed by atoms with Gasteiger partial charge in [-0.1, -0.05) is 28.4 Å². The second-order valence-electron chi connectivity index (χ2n) is 3.19. The smallest absolute Gasteiger partial charge is 0.354 e. The number of halogens is 5. The molecule has 2 nitrogen and oxygen atoms in total. The highest BCUT2D eigenvalue weighted by atomic mass is 35.5. The van der Waals surface area contributed by atoms with E-state index in [1.807, 2.05) is 0 Å². The van der Waals surface area contributed by atoms with Crippen LogP contribution >= 0.6 is 23.2 Å². The van der Waals surface area contributed by atoms with Gasteiger partial charge in [-0.05, 0) is 13.0 Å². The van der Waals surface area contributed by atoms with Crippen LogP contribution in [0.5, 0.6) is 0 Å². The Labute approximate surface area is 97.9 Å². The highest BCUT2D eigenvalue weighted by molar-refractivity contribution is 6.38. The molecule has 0 saturated heterocycles. The number of aromatic nitrogens is 1. The summed E-state index contributed by atoms with van der Waals surface area (Å²) in [4.78, 5) is 0. The van der Waals surface area contributed by atoms with E-state index in [1.165, 1.54) is 6.92 Å². The van der Waals surface area contributed by atoms with E-state index in [9.17, 15) is 13.2 Å². The third-order valence-corrected chi connectivity index (χ3v) is 2.68. The Bertz CT molecular complexity index is 562. The molecular weight excluding hydrogens is 266 g/mol. The molecule has 86 valence electrons. The predicted molar refractivity (Wildman–Crippen MR) is 53.8 cm³/mol. The molecule has 2 aromatic rings. The summed E-state index contributed by atoms with van der Waals surface area (Å²) in [5.41, 5.74) is -0.963. The first kappa shape index (κ1) is 11.5. The molecule has 0 bridgehead atoms. The van der Waals surface area contributed by atoms with Gasteiger partial charge >= 0.3 is 6.18 Å². The zero-order valence-corrected chi connectivity index (χ0v) is 9.33. The normalized spacial score (nSPS) is 12.4. The van der Waals surface area contributed by atoms with Gasteiger partial charge in [0, 0.05) is 0 Å². The van der Waals surface area contributed by atoms with Crippen molar-refractivity contribution in [2.24, 2.45) is 0 Å². The fourth-order valence-electron chi connectivity index (χ4n) is 1.47. The van der Waals surface area contributed by atoms with E-state index in [-0.39, 0.29) is 21.7 Å². The van der Waals surface area contributed by atoms with E-state index < -0.39 is 16.8 Å². The first-order valence-electron chi connectivity index (χ1n) is 4.13. The molecule has 0 fully saturated rings. The Kier molecular flexibility index (Phi) is 2.55. The molecule has 1 aromatic heterocycles. The summed E-state index contributed by atoms with van der Waals surface area (Å²) in [6.07, 6.45) is -4.57. The average Bonchev–Trinajstić information content (AvgIpc) is 2.46. The summed E-state index contributed by atoms with van der Waals surface area (Å²) in [5.74, 6) is 0. The third-order valence-electron chi connectivity index (χ3n) is 2.11. The molecule has 0 spiro atoms. The lowest BCUT2D eigenvalue weighted by atomic mass is 10.1. The van der Waals surface area contributed by atoms with Gasteiger partial charge in [0.15, 0.2) is 5.58 Å². The van der Waals surface area contributed by atoms with Crippen LogP contribution in [0.3, 0.4) is 0 Å². The standard InChI is InChI=1S/C9H4Cl2F3NO/c1-3-6-7(9(12,13)14)4(10)2-5(11)8(6)16-15-3/h2H,1H3. The van der Waals surface area contributed by atoms with Gasteiger partial charge in [-0.25, -0.2) is 0 Å². The van der Waals surface area contributed by atoms with Crippen LogP contribution in [0.15, 0.2) is 10.6 Å². The second kappa shape index (κ2) is 3.53. The number of aryl methyl sites for hydroxylation is 1. The van der Waals surface area contributed by atoms with Crippen molar-refractivity contribution < 1.29 is 17.7 Å². The summed E-state index contributed by atoms with van der Waals surface area (Å²) in [6, 6.07) is 0.999. The molecule has 0 saturated carbocycles. The molecule has 0 aliphatic heterocycles. The van der Waals surface area contributed by atoms with Gasteiger partial charge in [0.05, 0.1) is 26.7 Å². The number of fused-ring (bicyclic) bond motifs is 1. The SMILES string of the molecule is Cc1noc2c(Cl)cc(Cl)c(C(F)(F)F)c12. The molecule has 0 unspecified atom stereocenters. The van der Waals surface area contributed by atoms with Crippen LogP contribution in [0.4, 0.5) is 13.2 Å². The maximum Gasteiger partial charge on any atom is 0.418 e. The van der Waals surface area contributed by atoms with E-state index in [1.54, 1.807) is 0 Å². The van der Waals surface area contributed by atoms with Gasteiger partial charge < -0.3 is 4.52 Å². The van der Waals surface area contributed by atoms with Crippen molar-refractivity contribution in [1.29, 1.82) is 0 Å². The first-order valence-corrected chi connectivity index (χ1v) is 4.89. The third kappa shape index (κ3) is 1.64. The Balaban J connectivity index is 2.96. The van der Waals surface area contributed by atoms with E-state index in [0.717, 1.165) is 6.07 Å². The van der Waals surface area contributed by atoms with Gasteiger partial charge in [-0.15, -0.1) is 0 Å². The zero-order valence-electron chi connectivity index (χ0n) is 7.82. The molecule has 16 heavy (non-hydrogen) atoms. The summed E-state index contributed by atoms with van der Waals surface area (Å²) < 4.78 is 43.0. The van der Waals surface area contributed by atoms with Gasteiger partial charge in [-0.3, -0.25) is 0 Å². The monoisotopic (exact) mass is 269 g/mol. The van der Waals surface area contributed by atoms with E-state index in [0.29, 0.717) is 0 Å². The molecule has 0 N–H and O–H groups in total. The number of nitrogens with zero attached hydrogens (tertiary/aromatic N) is 1. The maximum atomic E-state index is 12.8. The summed E-state index contributed by atoms with van der Waals surface area (Å²) in [6.45, 7) is 1.40. The minimum atomic E-state index is -4.57. The lowest BCUT2D eigenvalue weighted by Gasteiger charge is -2.10. The van der Waals surface area contributed by atoms with Crippen molar-refractivity contribution >= 4 is 34.2 Å². The van der Waals surface area contributed by atoms with Crippen LogP contribution in [0.25, 0.3) is 11.0 Å². The van der Waals surface area contributed by atoms with Crippen molar-refractivity contribution in [3.63, 3.8) is 0 Å². The molecule has 0 radical (unpaired) electrons. The topological polar surface area (TPSA) is 26.0 Å². The fraction of sp³-hybridized carbons (Fsp3) is 0.222. The number of hydrogen-bond donors (Lipinski definition) is 0. The molecular formula is C9H4Cl2F3NO. The largest absolute Gasteiger partial charge is 0.418 e. The number of hydrogen-bond acceptors (Lipinski definition) is 2.